The Labute approximate surface area is 184 Å². The monoisotopic (exact) mass is 546 g/mol. The van der Waals surface area contributed by atoms with Crippen LogP contribution in [0.15, 0.2) is 78.9 Å². The van der Waals surface area contributed by atoms with Crippen molar-refractivity contribution in [1.82, 2.24) is 0 Å². The summed E-state index contributed by atoms with van der Waals surface area (Å²) in [4.78, 5) is 34.1. The standard InChI is InChI=1S/C20H13Cl2IO6/c21-16-8-4-6-14(12-16)19(24)26-28-23(18-10-2-1-3-11-18)29-27-20(25)15-7-5-9-17(22)13-15/h1-13H. The topological polar surface area (TPSA) is 71.1 Å². The van der Waals surface area contributed by atoms with Crippen LogP contribution >= 0.6 is 43.9 Å². The number of hydrogen-bond acceptors (Lipinski definition) is 6. The molecule has 0 atom stereocenters. The molecule has 0 unspecified atom stereocenters. The van der Waals surface area contributed by atoms with Gasteiger partial charge in [0.15, 0.2) is 0 Å². The van der Waals surface area contributed by atoms with Crippen molar-refractivity contribution in [3.8, 4) is 0 Å². The fourth-order valence-electron chi connectivity index (χ4n) is 2.04. The van der Waals surface area contributed by atoms with Gasteiger partial charge in [0.2, 0.25) is 0 Å². The van der Waals surface area contributed by atoms with Gasteiger partial charge >= 0.3 is 185 Å². The number of halogens is 3. The first-order valence-corrected chi connectivity index (χ1v) is 11.7. The molecule has 0 bridgehead atoms. The van der Waals surface area contributed by atoms with Crippen LogP contribution in [0, 0.1) is 3.57 Å². The van der Waals surface area contributed by atoms with Gasteiger partial charge in [0.1, 0.15) is 0 Å². The zero-order valence-electron chi connectivity index (χ0n) is 14.6. The maximum absolute atomic E-state index is 12.2. The molecule has 0 N–H and O–H groups in total. The van der Waals surface area contributed by atoms with E-state index >= 15 is 0 Å². The van der Waals surface area contributed by atoms with Gasteiger partial charge in [0.25, 0.3) is 0 Å². The van der Waals surface area contributed by atoms with Crippen molar-refractivity contribution >= 4 is 55.8 Å². The van der Waals surface area contributed by atoms with Gasteiger partial charge in [0.05, 0.1) is 0 Å². The van der Waals surface area contributed by atoms with E-state index in [1.807, 2.05) is 0 Å². The minimum absolute atomic E-state index is 0.206. The van der Waals surface area contributed by atoms with Gasteiger partial charge < -0.3 is 0 Å². The molecule has 0 heterocycles. The van der Waals surface area contributed by atoms with E-state index in [9.17, 15) is 9.59 Å². The van der Waals surface area contributed by atoms with Crippen LogP contribution in [0.25, 0.3) is 0 Å². The first-order valence-electron chi connectivity index (χ1n) is 8.08. The molecule has 9 heteroatoms. The molecule has 3 aromatic carbocycles. The molecule has 3 aromatic rings. The molecule has 3 rings (SSSR count). The van der Waals surface area contributed by atoms with E-state index < -0.39 is 32.6 Å². The van der Waals surface area contributed by atoms with Crippen LogP contribution < -0.4 is 0 Å². The Bertz CT molecular complexity index is 938. The molecule has 0 amide bonds. The molecular formula is C20H13Cl2IO6. The van der Waals surface area contributed by atoms with E-state index in [1.54, 1.807) is 54.6 Å². The molecule has 0 spiro atoms. The van der Waals surface area contributed by atoms with Crippen LogP contribution in [0.2, 0.25) is 10.0 Å². The summed E-state index contributed by atoms with van der Waals surface area (Å²) in [7, 11) is 0. The van der Waals surface area contributed by atoms with Gasteiger partial charge in [-0.05, 0) is 0 Å². The van der Waals surface area contributed by atoms with Gasteiger partial charge in [-0.15, -0.1) is 0 Å². The predicted molar refractivity (Wildman–Crippen MR) is 115 cm³/mol. The Morgan fingerprint density at radius 3 is 1.59 bits per heavy atom. The van der Waals surface area contributed by atoms with E-state index in [2.05, 4.69) is 0 Å². The Kier molecular flexibility index (Phi) is 7.84. The Morgan fingerprint density at radius 2 is 1.14 bits per heavy atom. The number of carbonyl (C=O) groups is 2. The Morgan fingerprint density at radius 1 is 0.655 bits per heavy atom. The normalized spacial score (nSPS) is 10.9. The first kappa shape index (κ1) is 21.5. The summed E-state index contributed by atoms with van der Waals surface area (Å²) >= 11 is 8.61. The average Bonchev–Trinajstić information content (AvgIpc) is 2.74. The SMILES string of the molecule is O=C(OOI(OOC(=O)c1cccc(Cl)c1)c1ccccc1)c1cccc(Cl)c1. The third-order valence-electron chi connectivity index (χ3n) is 3.36. The summed E-state index contributed by atoms with van der Waals surface area (Å²) in [5.74, 6) is -1.51. The Balaban J connectivity index is 1.67. The second-order valence-corrected chi connectivity index (χ2v) is 9.48. The molecule has 0 saturated carbocycles. The fraction of sp³-hybridized carbons (Fsp3) is 0. The number of carbonyl (C=O) groups excluding carboxylic acids is 2. The van der Waals surface area contributed by atoms with E-state index in [-0.39, 0.29) is 11.1 Å². The third kappa shape index (κ3) is 6.41. The van der Waals surface area contributed by atoms with Crippen molar-refractivity contribution in [3.63, 3.8) is 0 Å². The van der Waals surface area contributed by atoms with Crippen LogP contribution in [0.1, 0.15) is 20.7 Å². The summed E-state index contributed by atoms with van der Waals surface area (Å²) in [5, 5.41) is 0.758. The molecule has 0 fully saturated rings. The summed E-state index contributed by atoms with van der Waals surface area (Å²) < 4.78 is 11.1. The van der Waals surface area contributed by atoms with Gasteiger partial charge in [-0.1, -0.05) is 0 Å². The summed E-state index contributed by atoms with van der Waals surface area (Å²) in [5.41, 5.74) is 0.412. The minimum atomic E-state index is -3.13. The zero-order chi connectivity index (χ0) is 20.6. The van der Waals surface area contributed by atoms with E-state index in [1.165, 1.54) is 24.3 Å². The number of benzene rings is 3. The molecule has 0 radical (unpaired) electrons. The second kappa shape index (κ2) is 10.6. The fourth-order valence-corrected chi connectivity index (χ4v) is 4.55. The molecule has 150 valence electrons. The van der Waals surface area contributed by atoms with Crippen LogP contribution in [-0.4, -0.2) is 11.9 Å². The molecule has 29 heavy (non-hydrogen) atoms. The molecule has 0 aliphatic heterocycles. The summed E-state index contributed by atoms with van der Waals surface area (Å²) in [6, 6.07) is 21.1. The van der Waals surface area contributed by atoms with Crippen molar-refractivity contribution in [2.45, 2.75) is 0 Å². The molecule has 0 aliphatic rings. The van der Waals surface area contributed by atoms with Crippen molar-refractivity contribution in [2.75, 3.05) is 0 Å². The second-order valence-electron chi connectivity index (χ2n) is 5.40. The molecule has 0 aromatic heterocycles. The van der Waals surface area contributed by atoms with Crippen molar-refractivity contribution in [3.05, 3.63) is 104 Å². The molecular weight excluding hydrogens is 534 g/mol. The summed E-state index contributed by atoms with van der Waals surface area (Å²) in [6.45, 7) is 0. The van der Waals surface area contributed by atoms with Crippen LogP contribution in [0.3, 0.4) is 0 Å². The van der Waals surface area contributed by atoms with Gasteiger partial charge in [-0.25, -0.2) is 0 Å². The van der Waals surface area contributed by atoms with Crippen LogP contribution in [0.4, 0.5) is 0 Å². The predicted octanol–water partition coefficient (Wildman–Crippen LogP) is 6.08. The maximum atomic E-state index is 12.2. The van der Waals surface area contributed by atoms with E-state index in [0.717, 1.165) is 0 Å². The molecule has 0 saturated heterocycles. The third-order valence-corrected chi connectivity index (χ3v) is 6.58. The van der Waals surface area contributed by atoms with E-state index in [0.29, 0.717) is 13.6 Å². The van der Waals surface area contributed by atoms with Crippen molar-refractivity contribution in [1.29, 1.82) is 0 Å². The van der Waals surface area contributed by atoms with Crippen molar-refractivity contribution in [2.24, 2.45) is 0 Å². The molecule has 6 nitrogen and oxygen atoms in total. The average molecular weight is 547 g/mol. The van der Waals surface area contributed by atoms with Crippen LogP contribution in [0.5, 0.6) is 0 Å². The number of rotatable bonds is 7. The number of hydrogen-bond donors (Lipinski definition) is 0. The quantitative estimate of drug-likeness (QED) is 0.203. The van der Waals surface area contributed by atoms with Gasteiger partial charge in [0, 0.05) is 0 Å². The van der Waals surface area contributed by atoms with Gasteiger partial charge in [-0.3, -0.25) is 0 Å². The first-order chi connectivity index (χ1) is 14.0. The van der Waals surface area contributed by atoms with Gasteiger partial charge in [-0.2, -0.15) is 0 Å². The zero-order valence-corrected chi connectivity index (χ0v) is 18.3. The van der Waals surface area contributed by atoms with Crippen LogP contribution in [-0.2, 0) is 16.2 Å². The molecule has 0 aliphatic carbocycles. The van der Waals surface area contributed by atoms with Crippen molar-refractivity contribution < 1.29 is 25.8 Å². The Hall–Kier alpha value is -2.17. The summed E-state index contributed by atoms with van der Waals surface area (Å²) in [6.07, 6.45) is 0. The van der Waals surface area contributed by atoms with E-state index in [4.69, 9.17) is 39.4 Å².